The fraction of sp³-hybridized carbons (Fsp3) is 0.333. The molecule has 2 aromatic rings. The van der Waals surface area contributed by atoms with Crippen molar-refractivity contribution in [3.8, 4) is 0 Å². The molecule has 1 N–H and O–H groups in total. The van der Waals surface area contributed by atoms with Gasteiger partial charge >= 0.3 is 0 Å². The summed E-state index contributed by atoms with van der Waals surface area (Å²) < 4.78 is 66.8. The molecule has 0 bridgehead atoms. The van der Waals surface area contributed by atoms with Crippen LogP contribution >= 0.6 is 0 Å². The van der Waals surface area contributed by atoms with Crippen molar-refractivity contribution in [2.45, 2.75) is 4.90 Å². The highest BCUT2D eigenvalue weighted by Gasteiger charge is 2.24. The Kier molecular flexibility index (Phi) is 6.03. The Morgan fingerprint density at radius 1 is 0.889 bits per heavy atom. The quantitative estimate of drug-likeness (QED) is 0.809. The second-order valence-corrected chi connectivity index (χ2v) is 7.96. The standard InChI is InChI=1S/C18H20F3N3O2S/c19-14-4-6-15(7-5-14)24-12-10-23(11-13-24)9-8-22-27(25,26)18-16(20)2-1-3-17(18)21/h1-7,22H,8-13H2. The van der Waals surface area contributed by atoms with Gasteiger partial charge in [-0.2, -0.15) is 0 Å². The molecular formula is C18H20F3N3O2S. The van der Waals surface area contributed by atoms with E-state index in [4.69, 9.17) is 0 Å². The Labute approximate surface area is 156 Å². The average Bonchev–Trinajstić information content (AvgIpc) is 2.62. The highest BCUT2D eigenvalue weighted by Crippen LogP contribution is 2.18. The maximum absolute atomic E-state index is 13.7. The van der Waals surface area contributed by atoms with Gasteiger partial charge in [0.15, 0.2) is 4.90 Å². The molecular weight excluding hydrogens is 379 g/mol. The Balaban J connectivity index is 1.50. The number of rotatable bonds is 6. The van der Waals surface area contributed by atoms with Crippen LogP contribution in [0.5, 0.6) is 0 Å². The zero-order valence-electron chi connectivity index (χ0n) is 14.5. The summed E-state index contributed by atoms with van der Waals surface area (Å²) in [5.74, 6) is -2.51. The molecule has 1 fully saturated rings. The zero-order valence-corrected chi connectivity index (χ0v) is 15.4. The van der Waals surface area contributed by atoms with E-state index in [1.807, 2.05) is 0 Å². The molecule has 0 unspecified atom stereocenters. The van der Waals surface area contributed by atoms with Crippen molar-refractivity contribution in [3.63, 3.8) is 0 Å². The minimum Gasteiger partial charge on any atom is -0.369 e. The smallest absolute Gasteiger partial charge is 0.246 e. The number of anilines is 1. The molecule has 2 aromatic carbocycles. The molecule has 0 spiro atoms. The van der Waals surface area contributed by atoms with Gasteiger partial charge in [0.05, 0.1) is 0 Å². The number of halogens is 3. The summed E-state index contributed by atoms with van der Waals surface area (Å²) >= 11 is 0. The van der Waals surface area contributed by atoms with Gasteiger partial charge in [0.2, 0.25) is 10.0 Å². The second kappa shape index (κ2) is 8.28. The number of nitrogens with zero attached hydrogens (tertiary/aromatic N) is 2. The molecule has 0 aliphatic carbocycles. The lowest BCUT2D eigenvalue weighted by atomic mass is 10.2. The molecule has 0 saturated carbocycles. The normalized spacial score (nSPS) is 15.9. The molecule has 1 saturated heterocycles. The van der Waals surface area contributed by atoms with Gasteiger partial charge in [0.25, 0.3) is 0 Å². The van der Waals surface area contributed by atoms with Crippen LogP contribution in [0.15, 0.2) is 47.4 Å². The van der Waals surface area contributed by atoms with Crippen LogP contribution in [-0.4, -0.2) is 52.6 Å². The van der Waals surface area contributed by atoms with Crippen LogP contribution in [0.4, 0.5) is 18.9 Å². The predicted molar refractivity (Wildman–Crippen MR) is 96.6 cm³/mol. The highest BCUT2D eigenvalue weighted by atomic mass is 32.2. The summed E-state index contributed by atoms with van der Waals surface area (Å²) in [7, 11) is -4.25. The van der Waals surface area contributed by atoms with Gasteiger partial charge in [0, 0.05) is 45.0 Å². The molecule has 1 aliphatic heterocycles. The number of piperazine rings is 1. The summed E-state index contributed by atoms with van der Waals surface area (Å²) in [6, 6.07) is 9.21. The monoisotopic (exact) mass is 399 g/mol. The summed E-state index contributed by atoms with van der Waals surface area (Å²) in [5, 5.41) is 0. The largest absolute Gasteiger partial charge is 0.369 e. The van der Waals surface area contributed by atoms with Crippen LogP contribution in [0.3, 0.4) is 0 Å². The Hall–Kier alpha value is -2.10. The Bertz CT molecular complexity index is 863. The Morgan fingerprint density at radius 2 is 1.48 bits per heavy atom. The van der Waals surface area contributed by atoms with Crippen LogP contribution in [-0.2, 0) is 10.0 Å². The van der Waals surface area contributed by atoms with Gasteiger partial charge < -0.3 is 4.90 Å². The van der Waals surface area contributed by atoms with E-state index in [0.717, 1.165) is 37.0 Å². The van der Waals surface area contributed by atoms with E-state index >= 15 is 0 Å². The molecule has 5 nitrogen and oxygen atoms in total. The third-order valence-corrected chi connectivity index (χ3v) is 5.98. The van der Waals surface area contributed by atoms with E-state index in [9.17, 15) is 21.6 Å². The number of hydrogen-bond acceptors (Lipinski definition) is 4. The molecule has 3 rings (SSSR count). The van der Waals surface area contributed by atoms with Gasteiger partial charge in [-0.3, -0.25) is 4.90 Å². The van der Waals surface area contributed by atoms with Crippen molar-refractivity contribution in [3.05, 3.63) is 59.9 Å². The van der Waals surface area contributed by atoms with Crippen LogP contribution < -0.4 is 9.62 Å². The fourth-order valence-electron chi connectivity index (χ4n) is 3.03. The first-order valence-corrected chi connectivity index (χ1v) is 10.0. The van der Waals surface area contributed by atoms with Gasteiger partial charge in [-0.05, 0) is 36.4 Å². The first-order valence-electron chi connectivity index (χ1n) is 8.53. The maximum atomic E-state index is 13.7. The summed E-state index contributed by atoms with van der Waals surface area (Å²) in [6.45, 7) is 3.32. The molecule has 0 amide bonds. The van der Waals surface area contributed by atoms with Crippen molar-refractivity contribution in [1.82, 2.24) is 9.62 Å². The first-order chi connectivity index (χ1) is 12.9. The summed E-state index contributed by atoms with van der Waals surface area (Å²) in [6.07, 6.45) is 0. The number of nitrogens with one attached hydrogen (secondary N) is 1. The van der Waals surface area contributed by atoms with Crippen molar-refractivity contribution in [2.75, 3.05) is 44.2 Å². The predicted octanol–water partition coefficient (Wildman–Crippen LogP) is 2.20. The van der Waals surface area contributed by atoms with Crippen LogP contribution in [0, 0.1) is 17.5 Å². The van der Waals surface area contributed by atoms with E-state index in [-0.39, 0.29) is 12.4 Å². The van der Waals surface area contributed by atoms with Gasteiger partial charge in [-0.25, -0.2) is 26.3 Å². The van der Waals surface area contributed by atoms with E-state index in [0.29, 0.717) is 19.6 Å². The van der Waals surface area contributed by atoms with Crippen LogP contribution in [0.1, 0.15) is 0 Å². The number of hydrogen-bond donors (Lipinski definition) is 1. The lowest BCUT2D eigenvalue weighted by molar-refractivity contribution is 0.262. The minimum absolute atomic E-state index is 0.0483. The Morgan fingerprint density at radius 3 is 2.07 bits per heavy atom. The molecule has 1 aliphatic rings. The average molecular weight is 399 g/mol. The third-order valence-electron chi connectivity index (χ3n) is 4.47. The van der Waals surface area contributed by atoms with E-state index in [2.05, 4.69) is 14.5 Å². The molecule has 0 aromatic heterocycles. The van der Waals surface area contributed by atoms with E-state index in [1.165, 1.54) is 12.1 Å². The zero-order chi connectivity index (χ0) is 19.4. The molecule has 0 atom stereocenters. The van der Waals surface area contributed by atoms with Crippen molar-refractivity contribution in [2.24, 2.45) is 0 Å². The van der Waals surface area contributed by atoms with Gasteiger partial charge in [0.1, 0.15) is 17.5 Å². The summed E-state index contributed by atoms with van der Waals surface area (Å²) in [4.78, 5) is 3.22. The maximum Gasteiger partial charge on any atom is 0.246 e. The van der Waals surface area contributed by atoms with Crippen molar-refractivity contribution >= 4 is 15.7 Å². The topological polar surface area (TPSA) is 52.7 Å². The molecule has 0 radical (unpaired) electrons. The first kappa shape index (κ1) is 19.7. The molecule has 27 heavy (non-hydrogen) atoms. The third kappa shape index (κ3) is 4.79. The van der Waals surface area contributed by atoms with E-state index < -0.39 is 26.6 Å². The minimum atomic E-state index is -4.25. The molecule has 146 valence electrons. The lowest BCUT2D eigenvalue weighted by Crippen LogP contribution is -2.48. The van der Waals surface area contributed by atoms with Gasteiger partial charge in [-0.15, -0.1) is 0 Å². The van der Waals surface area contributed by atoms with Gasteiger partial charge in [-0.1, -0.05) is 6.07 Å². The van der Waals surface area contributed by atoms with E-state index in [1.54, 1.807) is 12.1 Å². The van der Waals surface area contributed by atoms with Crippen molar-refractivity contribution < 1.29 is 21.6 Å². The lowest BCUT2D eigenvalue weighted by Gasteiger charge is -2.36. The van der Waals surface area contributed by atoms with Crippen LogP contribution in [0.25, 0.3) is 0 Å². The summed E-state index contributed by atoms with van der Waals surface area (Å²) in [5.41, 5.74) is 0.937. The number of sulfonamides is 1. The van der Waals surface area contributed by atoms with Crippen molar-refractivity contribution in [1.29, 1.82) is 0 Å². The number of benzene rings is 2. The highest BCUT2D eigenvalue weighted by molar-refractivity contribution is 7.89. The fourth-order valence-corrected chi connectivity index (χ4v) is 4.19. The second-order valence-electron chi connectivity index (χ2n) is 6.25. The SMILES string of the molecule is O=S(=O)(NCCN1CCN(c2ccc(F)cc2)CC1)c1c(F)cccc1F. The molecule has 9 heteroatoms. The molecule has 1 heterocycles. The van der Waals surface area contributed by atoms with Crippen LogP contribution in [0.2, 0.25) is 0 Å².